The van der Waals surface area contributed by atoms with Crippen molar-refractivity contribution in [3.05, 3.63) is 28.8 Å². The van der Waals surface area contributed by atoms with E-state index >= 15 is 0 Å². The number of aryl methyl sites for hydroxylation is 1. The number of hydrogen-bond donors (Lipinski definition) is 1. The van der Waals surface area contributed by atoms with Crippen molar-refractivity contribution in [1.29, 1.82) is 0 Å². The van der Waals surface area contributed by atoms with Crippen LogP contribution < -0.4 is 10.1 Å². The highest BCUT2D eigenvalue weighted by atomic mass is 35.5. The molecule has 0 spiro atoms. The molecule has 16 heavy (non-hydrogen) atoms. The lowest BCUT2D eigenvalue weighted by molar-refractivity contribution is 0.242. The largest absolute Gasteiger partial charge is 0.489 e. The maximum Gasteiger partial charge on any atom is 0.138 e. The number of hydrogen-bond acceptors (Lipinski definition) is 2. The fourth-order valence-corrected chi connectivity index (χ4v) is 1.77. The number of rotatable bonds is 6. The molecule has 1 aromatic carbocycles. The Labute approximate surface area is 103 Å². The first kappa shape index (κ1) is 13.3. The molecule has 2 nitrogen and oxygen atoms in total. The molecule has 0 unspecified atom stereocenters. The van der Waals surface area contributed by atoms with E-state index in [-0.39, 0.29) is 6.10 Å². The predicted octanol–water partition coefficient (Wildman–Crippen LogP) is 3.28. The third-order valence-corrected chi connectivity index (χ3v) is 2.55. The summed E-state index contributed by atoms with van der Waals surface area (Å²) in [6, 6.07) is 6.03. The van der Waals surface area contributed by atoms with Crippen LogP contribution in [-0.2, 0) is 6.42 Å². The molecule has 0 aliphatic carbocycles. The highest BCUT2D eigenvalue weighted by Crippen LogP contribution is 2.26. The molecule has 90 valence electrons. The van der Waals surface area contributed by atoms with E-state index in [1.807, 2.05) is 33.0 Å². The van der Waals surface area contributed by atoms with Crippen LogP contribution in [0.1, 0.15) is 25.8 Å². The minimum absolute atomic E-state index is 0.160. The summed E-state index contributed by atoms with van der Waals surface area (Å²) in [6.45, 7) is 5.02. The molecule has 0 radical (unpaired) electrons. The first-order chi connectivity index (χ1) is 7.63. The molecule has 1 N–H and O–H groups in total. The van der Waals surface area contributed by atoms with E-state index in [1.54, 1.807) is 0 Å². The summed E-state index contributed by atoms with van der Waals surface area (Å²) in [7, 11) is 1.96. The zero-order chi connectivity index (χ0) is 12.0. The van der Waals surface area contributed by atoms with Gasteiger partial charge in [0.05, 0.1) is 11.1 Å². The number of nitrogens with one attached hydrogen (secondary N) is 1. The zero-order valence-corrected chi connectivity index (χ0v) is 11.0. The van der Waals surface area contributed by atoms with Gasteiger partial charge in [0.25, 0.3) is 0 Å². The molecule has 0 fully saturated rings. The van der Waals surface area contributed by atoms with Gasteiger partial charge in [0.2, 0.25) is 0 Å². The summed E-state index contributed by atoms with van der Waals surface area (Å²) in [5, 5.41) is 3.84. The van der Waals surface area contributed by atoms with Crippen molar-refractivity contribution in [2.24, 2.45) is 0 Å². The quantitative estimate of drug-likeness (QED) is 0.772. The van der Waals surface area contributed by atoms with Crippen LogP contribution in [0.3, 0.4) is 0 Å². The fraction of sp³-hybridized carbons (Fsp3) is 0.538. The van der Waals surface area contributed by atoms with E-state index in [9.17, 15) is 0 Å². The number of halogens is 1. The van der Waals surface area contributed by atoms with E-state index < -0.39 is 0 Å². The second-order valence-electron chi connectivity index (χ2n) is 4.14. The Kier molecular flexibility index (Phi) is 5.64. The average Bonchev–Trinajstić information content (AvgIpc) is 2.22. The van der Waals surface area contributed by atoms with Crippen molar-refractivity contribution < 1.29 is 4.74 Å². The molecular weight excluding hydrogens is 222 g/mol. The minimum atomic E-state index is 0.160. The van der Waals surface area contributed by atoms with Gasteiger partial charge in [0.15, 0.2) is 0 Å². The second-order valence-corrected chi connectivity index (χ2v) is 4.55. The average molecular weight is 242 g/mol. The molecule has 0 atom stereocenters. The van der Waals surface area contributed by atoms with Crippen LogP contribution in [0.15, 0.2) is 18.2 Å². The van der Waals surface area contributed by atoms with Crippen molar-refractivity contribution in [2.75, 3.05) is 13.6 Å². The molecule has 0 amide bonds. The van der Waals surface area contributed by atoms with Gasteiger partial charge in [-0.05, 0) is 58.0 Å². The molecule has 1 rings (SSSR count). The summed E-state index contributed by atoms with van der Waals surface area (Å²) in [5.74, 6) is 0.772. The van der Waals surface area contributed by atoms with Gasteiger partial charge in [-0.25, -0.2) is 0 Å². The van der Waals surface area contributed by atoms with Gasteiger partial charge in [-0.1, -0.05) is 17.7 Å². The van der Waals surface area contributed by atoms with E-state index in [0.29, 0.717) is 5.02 Å². The van der Waals surface area contributed by atoms with Gasteiger partial charge in [-0.3, -0.25) is 0 Å². The van der Waals surface area contributed by atoms with Crippen molar-refractivity contribution in [3.8, 4) is 5.75 Å². The molecule has 0 saturated carbocycles. The Morgan fingerprint density at radius 2 is 2.12 bits per heavy atom. The maximum absolute atomic E-state index is 6.15. The van der Waals surface area contributed by atoms with Gasteiger partial charge in [-0.15, -0.1) is 0 Å². The number of benzene rings is 1. The lowest BCUT2D eigenvalue weighted by Crippen LogP contribution is -2.08. The van der Waals surface area contributed by atoms with Gasteiger partial charge in [-0.2, -0.15) is 0 Å². The van der Waals surface area contributed by atoms with E-state index in [4.69, 9.17) is 16.3 Å². The van der Waals surface area contributed by atoms with Gasteiger partial charge in [0.1, 0.15) is 5.75 Å². The summed E-state index contributed by atoms with van der Waals surface area (Å²) in [4.78, 5) is 0. The predicted molar refractivity (Wildman–Crippen MR) is 69.5 cm³/mol. The van der Waals surface area contributed by atoms with Gasteiger partial charge in [0, 0.05) is 0 Å². The lowest BCUT2D eigenvalue weighted by Gasteiger charge is -2.12. The van der Waals surface area contributed by atoms with E-state index in [1.165, 1.54) is 5.56 Å². The summed E-state index contributed by atoms with van der Waals surface area (Å²) in [6.07, 6.45) is 2.33. The topological polar surface area (TPSA) is 21.3 Å². The first-order valence-electron chi connectivity index (χ1n) is 5.73. The van der Waals surface area contributed by atoms with Crippen LogP contribution >= 0.6 is 11.6 Å². The normalized spacial score (nSPS) is 10.8. The molecule has 0 aromatic heterocycles. The van der Waals surface area contributed by atoms with Crippen molar-refractivity contribution >= 4 is 11.6 Å². The van der Waals surface area contributed by atoms with Crippen LogP contribution in [0.5, 0.6) is 5.75 Å². The highest BCUT2D eigenvalue weighted by Gasteiger charge is 2.04. The molecule has 0 aliphatic rings. The van der Waals surface area contributed by atoms with Crippen molar-refractivity contribution in [1.82, 2.24) is 5.32 Å². The Hall–Kier alpha value is -0.730. The van der Waals surface area contributed by atoms with Crippen LogP contribution in [0, 0.1) is 0 Å². The summed E-state index contributed by atoms with van der Waals surface area (Å²) >= 11 is 6.15. The molecule has 0 saturated heterocycles. The fourth-order valence-electron chi connectivity index (χ4n) is 1.52. The molecule has 1 aromatic rings. The molecule has 3 heteroatoms. The Morgan fingerprint density at radius 1 is 1.38 bits per heavy atom. The summed E-state index contributed by atoms with van der Waals surface area (Å²) in [5.41, 5.74) is 1.26. The maximum atomic E-state index is 6.15. The van der Waals surface area contributed by atoms with Gasteiger partial charge < -0.3 is 10.1 Å². The molecular formula is C13H20ClNO. The van der Waals surface area contributed by atoms with Crippen molar-refractivity contribution in [2.45, 2.75) is 32.8 Å². The third kappa shape index (κ3) is 4.42. The Bertz CT molecular complexity index is 326. The van der Waals surface area contributed by atoms with Crippen LogP contribution in [0.4, 0.5) is 0 Å². The molecule has 0 aliphatic heterocycles. The third-order valence-electron chi connectivity index (χ3n) is 2.25. The SMILES string of the molecule is CNCCCc1ccc(OC(C)C)c(Cl)c1. The standard InChI is InChI=1S/C13H20ClNO/c1-10(2)16-13-7-6-11(9-12(13)14)5-4-8-15-3/h6-7,9-10,15H,4-5,8H2,1-3H3. The number of ether oxygens (including phenoxy) is 1. The van der Waals surface area contributed by atoms with Crippen LogP contribution in [-0.4, -0.2) is 19.7 Å². The van der Waals surface area contributed by atoms with Crippen LogP contribution in [0.2, 0.25) is 5.02 Å². The second kappa shape index (κ2) is 6.77. The highest BCUT2D eigenvalue weighted by molar-refractivity contribution is 6.32. The van der Waals surface area contributed by atoms with Crippen LogP contribution in [0.25, 0.3) is 0 Å². The minimum Gasteiger partial charge on any atom is -0.489 e. The van der Waals surface area contributed by atoms with Crippen molar-refractivity contribution in [3.63, 3.8) is 0 Å². The van der Waals surface area contributed by atoms with E-state index in [0.717, 1.165) is 25.1 Å². The first-order valence-corrected chi connectivity index (χ1v) is 6.11. The monoisotopic (exact) mass is 241 g/mol. The molecule has 0 bridgehead atoms. The Balaban J connectivity index is 2.60. The lowest BCUT2D eigenvalue weighted by atomic mass is 10.1. The molecule has 0 heterocycles. The van der Waals surface area contributed by atoms with Gasteiger partial charge >= 0.3 is 0 Å². The Morgan fingerprint density at radius 3 is 2.69 bits per heavy atom. The smallest absolute Gasteiger partial charge is 0.138 e. The summed E-state index contributed by atoms with van der Waals surface area (Å²) < 4.78 is 5.58. The van der Waals surface area contributed by atoms with E-state index in [2.05, 4.69) is 11.4 Å². The zero-order valence-electron chi connectivity index (χ0n) is 10.2.